The Bertz CT molecular complexity index is 1060. The predicted octanol–water partition coefficient (Wildman–Crippen LogP) is 2.26. The van der Waals surface area contributed by atoms with Crippen LogP contribution in [-0.4, -0.2) is 67.6 Å². The van der Waals surface area contributed by atoms with Crippen LogP contribution in [-0.2, 0) is 4.79 Å². The Kier molecular flexibility index (Phi) is 5.59. The van der Waals surface area contributed by atoms with E-state index in [1.54, 1.807) is 18.1 Å². The third-order valence-electron chi connectivity index (χ3n) is 5.82. The zero-order chi connectivity index (χ0) is 22.1. The van der Waals surface area contributed by atoms with Gasteiger partial charge in [-0.25, -0.2) is 0 Å². The number of thiocarbonyl (C=S) groups is 1. The van der Waals surface area contributed by atoms with Gasteiger partial charge in [-0.3, -0.25) is 14.6 Å². The summed E-state index contributed by atoms with van der Waals surface area (Å²) in [6, 6.07) is 13.7. The van der Waals surface area contributed by atoms with Crippen molar-refractivity contribution in [3.63, 3.8) is 0 Å². The molecule has 0 radical (unpaired) electrons. The fraction of sp³-hybridized carbons (Fsp3) is 0.304. The molecule has 9 heteroatoms. The molecule has 166 valence electrons. The first-order valence-corrected chi connectivity index (χ1v) is 10.9. The number of rotatable bonds is 5. The van der Waals surface area contributed by atoms with E-state index in [-0.39, 0.29) is 12.7 Å². The molecule has 0 spiro atoms. The molecule has 2 saturated heterocycles. The number of anilines is 1. The Balaban J connectivity index is 1.20. The summed E-state index contributed by atoms with van der Waals surface area (Å²) >= 11 is 5.44. The van der Waals surface area contributed by atoms with Crippen LogP contribution < -0.4 is 24.4 Å². The van der Waals surface area contributed by atoms with Crippen molar-refractivity contribution in [2.75, 3.05) is 51.7 Å². The first-order valence-electron chi connectivity index (χ1n) is 10.5. The number of ether oxygens (including phenoxy) is 3. The Labute approximate surface area is 191 Å². The second kappa shape index (κ2) is 8.68. The molecule has 0 aliphatic carbocycles. The van der Waals surface area contributed by atoms with Crippen molar-refractivity contribution in [2.24, 2.45) is 0 Å². The highest BCUT2D eigenvalue weighted by Gasteiger charge is 2.32. The number of hydrogen-bond donors (Lipinski definition) is 1. The van der Waals surface area contributed by atoms with Gasteiger partial charge in [-0.1, -0.05) is 6.07 Å². The van der Waals surface area contributed by atoms with Crippen LogP contribution in [0, 0.1) is 0 Å². The minimum absolute atomic E-state index is 0.120. The van der Waals surface area contributed by atoms with E-state index in [0.717, 1.165) is 37.5 Å². The lowest BCUT2D eigenvalue weighted by atomic mass is 10.1. The van der Waals surface area contributed by atoms with Crippen LogP contribution in [0.3, 0.4) is 0 Å². The number of hydrogen-bond acceptors (Lipinski definition) is 7. The minimum Gasteiger partial charge on any atom is -0.497 e. The first kappa shape index (κ1) is 20.6. The molecule has 0 unspecified atom stereocenters. The molecule has 3 heterocycles. The van der Waals surface area contributed by atoms with Gasteiger partial charge in [0.25, 0.3) is 5.91 Å². The smallest absolute Gasteiger partial charge is 0.277 e. The van der Waals surface area contributed by atoms with Gasteiger partial charge >= 0.3 is 0 Å². The van der Waals surface area contributed by atoms with Crippen molar-refractivity contribution in [2.45, 2.75) is 0 Å². The normalized spacial score (nSPS) is 19.6. The van der Waals surface area contributed by atoms with Gasteiger partial charge in [-0.05, 0) is 60.3 Å². The van der Waals surface area contributed by atoms with Crippen molar-refractivity contribution in [1.29, 1.82) is 0 Å². The lowest BCUT2D eigenvalue weighted by molar-refractivity contribution is -0.123. The van der Waals surface area contributed by atoms with Crippen LogP contribution in [0.4, 0.5) is 5.69 Å². The number of nitrogens with one attached hydrogen (secondary N) is 1. The summed E-state index contributed by atoms with van der Waals surface area (Å²) in [4.78, 5) is 19.2. The molecule has 0 atom stereocenters. The second-order valence-corrected chi connectivity index (χ2v) is 8.17. The molecule has 2 fully saturated rings. The van der Waals surface area contributed by atoms with Crippen molar-refractivity contribution < 1.29 is 19.0 Å². The van der Waals surface area contributed by atoms with Crippen LogP contribution in [0.5, 0.6) is 17.2 Å². The topological polar surface area (TPSA) is 66.5 Å². The van der Waals surface area contributed by atoms with Gasteiger partial charge in [0.15, 0.2) is 16.6 Å². The first-order chi connectivity index (χ1) is 15.6. The third kappa shape index (κ3) is 4.09. The van der Waals surface area contributed by atoms with Crippen LogP contribution in [0.25, 0.3) is 6.08 Å². The molecule has 0 aromatic heterocycles. The number of methoxy groups -OCH3 is 1. The lowest BCUT2D eigenvalue weighted by Crippen LogP contribution is -2.51. The number of fused-ring (bicyclic) bond motifs is 1. The zero-order valence-electron chi connectivity index (χ0n) is 17.7. The molecular weight excluding hydrogens is 428 g/mol. The van der Waals surface area contributed by atoms with E-state index in [0.29, 0.717) is 29.0 Å². The summed E-state index contributed by atoms with van der Waals surface area (Å²) in [6.07, 6.45) is 1.79. The molecule has 0 saturated carbocycles. The van der Waals surface area contributed by atoms with Gasteiger partial charge in [-0.2, -0.15) is 0 Å². The largest absolute Gasteiger partial charge is 0.497 e. The van der Waals surface area contributed by atoms with Gasteiger partial charge in [0.1, 0.15) is 11.4 Å². The lowest BCUT2D eigenvalue weighted by Gasteiger charge is -2.37. The fourth-order valence-electron chi connectivity index (χ4n) is 4.01. The number of benzene rings is 2. The van der Waals surface area contributed by atoms with Gasteiger partial charge < -0.3 is 24.4 Å². The van der Waals surface area contributed by atoms with Crippen molar-refractivity contribution in [1.82, 2.24) is 15.1 Å². The van der Waals surface area contributed by atoms with Crippen LogP contribution in [0.15, 0.2) is 48.2 Å². The quantitative estimate of drug-likeness (QED) is 0.548. The molecule has 3 aliphatic rings. The highest BCUT2D eigenvalue weighted by atomic mass is 32.1. The fourth-order valence-corrected chi connectivity index (χ4v) is 4.26. The van der Waals surface area contributed by atoms with Crippen LogP contribution in [0.1, 0.15) is 5.56 Å². The maximum atomic E-state index is 13.0. The summed E-state index contributed by atoms with van der Waals surface area (Å²) in [5.41, 5.74) is 2.49. The Morgan fingerprint density at radius 1 is 1.06 bits per heavy atom. The van der Waals surface area contributed by atoms with Crippen LogP contribution >= 0.6 is 12.2 Å². The molecule has 0 bridgehead atoms. The number of amides is 1. The third-order valence-corrected chi connectivity index (χ3v) is 6.14. The van der Waals surface area contributed by atoms with E-state index < -0.39 is 0 Å². The van der Waals surface area contributed by atoms with Gasteiger partial charge in [-0.15, -0.1) is 0 Å². The summed E-state index contributed by atoms with van der Waals surface area (Å²) < 4.78 is 16.0. The number of carbonyl (C=O) groups excluding carboxylic acids is 1. The minimum atomic E-state index is -0.120. The molecular formula is C23H24N4O4S. The maximum Gasteiger partial charge on any atom is 0.277 e. The van der Waals surface area contributed by atoms with E-state index in [9.17, 15) is 4.79 Å². The number of carbonyl (C=O) groups is 1. The van der Waals surface area contributed by atoms with E-state index in [2.05, 4.69) is 27.2 Å². The molecule has 1 amide bonds. The maximum absolute atomic E-state index is 13.0. The summed E-state index contributed by atoms with van der Waals surface area (Å²) in [7, 11) is 1.67. The van der Waals surface area contributed by atoms with E-state index >= 15 is 0 Å². The highest BCUT2D eigenvalue weighted by Crippen LogP contribution is 2.33. The number of piperazine rings is 1. The van der Waals surface area contributed by atoms with Crippen molar-refractivity contribution in [3.8, 4) is 17.2 Å². The second-order valence-electron chi connectivity index (χ2n) is 7.78. The van der Waals surface area contributed by atoms with Crippen molar-refractivity contribution in [3.05, 3.63) is 53.7 Å². The summed E-state index contributed by atoms with van der Waals surface area (Å²) in [6.45, 7) is 4.15. The zero-order valence-corrected chi connectivity index (χ0v) is 18.6. The van der Waals surface area contributed by atoms with E-state index in [1.807, 2.05) is 30.3 Å². The highest BCUT2D eigenvalue weighted by molar-refractivity contribution is 7.80. The monoisotopic (exact) mass is 452 g/mol. The van der Waals surface area contributed by atoms with Gasteiger partial charge in [0.2, 0.25) is 6.79 Å². The summed E-state index contributed by atoms with van der Waals surface area (Å²) in [5, 5.41) is 3.48. The average Bonchev–Trinajstić information content (AvgIpc) is 3.39. The van der Waals surface area contributed by atoms with E-state index in [4.69, 9.17) is 26.4 Å². The molecule has 32 heavy (non-hydrogen) atoms. The average molecular weight is 453 g/mol. The molecule has 5 rings (SSSR count). The Morgan fingerprint density at radius 2 is 1.81 bits per heavy atom. The molecule has 3 aliphatic heterocycles. The molecule has 2 aromatic carbocycles. The molecule has 1 N–H and O–H groups in total. The standard InChI is InChI=1S/C23H24N4O4S/c1-29-18-5-3-17(4-6-18)26-10-8-25(9-11-26)14-27-22(28)19(24-23(27)32)12-16-2-7-20-21(13-16)31-15-30-20/h2-7,12-13H,8-11,14-15H2,1H3,(H,24,32)/b19-12+. The SMILES string of the molecule is COc1ccc(N2CCN(CN3C(=O)/C(=C\c4ccc5c(c4)OCO5)NC3=S)CC2)cc1. The predicted molar refractivity (Wildman–Crippen MR) is 125 cm³/mol. The van der Waals surface area contributed by atoms with Crippen LogP contribution in [0.2, 0.25) is 0 Å². The molecule has 2 aromatic rings. The Morgan fingerprint density at radius 3 is 2.56 bits per heavy atom. The summed E-state index contributed by atoms with van der Waals surface area (Å²) in [5.74, 6) is 2.12. The van der Waals surface area contributed by atoms with E-state index in [1.165, 1.54) is 5.69 Å². The van der Waals surface area contributed by atoms with Gasteiger partial charge in [0.05, 0.1) is 13.8 Å². The number of nitrogens with zero attached hydrogens (tertiary/aromatic N) is 3. The molecule has 8 nitrogen and oxygen atoms in total. The van der Waals surface area contributed by atoms with Crippen molar-refractivity contribution >= 4 is 35.0 Å². The van der Waals surface area contributed by atoms with Gasteiger partial charge in [0, 0.05) is 31.9 Å². The Hall–Kier alpha value is -3.30.